The maximum atomic E-state index is 6.03. The van der Waals surface area contributed by atoms with Crippen molar-refractivity contribution < 1.29 is 0 Å². The number of halogens is 1. The standard InChI is InChI=1S/C15H17ClN2S/c1-10-8-18-15(19-10)9-17-14-6-12(7-14)11-3-2-4-13(16)5-11/h2-5,8,12,14,17H,6-7,9H2,1H3. The Hall–Kier alpha value is -0.900. The third-order valence-corrected chi connectivity index (χ3v) is 4.82. The Labute approximate surface area is 122 Å². The van der Waals surface area contributed by atoms with Crippen LogP contribution < -0.4 is 5.32 Å². The number of nitrogens with one attached hydrogen (secondary N) is 1. The first-order chi connectivity index (χ1) is 9.20. The van der Waals surface area contributed by atoms with Crippen LogP contribution in [-0.4, -0.2) is 11.0 Å². The van der Waals surface area contributed by atoms with Gasteiger partial charge in [-0.15, -0.1) is 11.3 Å². The van der Waals surface area contributed by atoms with E-state index < -0.39 is 0 Å². The van der Waals surface area contributed by atoms with Gasteiger partial charge in [-0.25, -0.2) is 4.98 Å². The van der Waals surface area contributed by atoms with Gasteiger partial charge in [0.2, 0.25) is 0 Å². The molecular weight excluding hydrogens is 276 g/mol. The van der Waals surface area contributed by atoms with Gasteiger partial charge in [-0.3, -0.25) is 0 Å². The van der Waals surface area contributed by atoms with Crippen LogP contribution in [0.15, 0.2) is 30.5 Å². The predicted molar refractivity (Wildman–Crippen MR) is 80.9 cm³/mol. The number of hydrogen-bond acceptors (Lipinski definition) is 3. The summed E-state index contributed by atoms with van der Waals surface area (Å²) in [4.78, 5) is 5.65. The van der Waals surface area contributed by atoms with Crippen molar-refractivity contribution in [3.63, 3.8) is 0 Å². The maximum Gasteiger partial charge on any atom is 0.107 e. The fraction of sp³-hybridized carbons (Fsp3) is 0.400. The van der Waals surface area contributed by atoms with Crippen molar-refractivity contribution in [2.75, 3.05) is 0 Å². The average molecular weight is 293 g/mol. The number of aryl methyl sites for hydroxylation is 1. The van der Waals surface area contributed by atoms with Crippen LogP contribution in [0.2, 0.25) is 5.02 Å². The highest BCUT2D eigenvalue weighted by Gasteiger charge is 2.29. The number of hydrogen-bond donors (Lipinski definition) is 1. The van der Waals surface area contributed by atoms with Crippen LogP contribution in [0.5, 0.6) is 0 Å². The zero-order valence-electron chi connectivity index (χ0n) is 10.9. The number of nitrogens with zero attached hydrogens (tertiary/aromatic N) is 1. The van der Waals surface area contributed by atoms with Crippen LogP contribution >= 0.6 is 22.9 Å². The molecule has 3 rings (SSSR count). The second kappa shape index (κ2) is 5.61. The van der Waals surface area contributed by atoms with E-state index >= 15 is 0 Å². The molecule has 0 spiro atoms. The first-order valence-electron chi connectivity index (χ1n) is 6.61. The van der Waals surface area contributed by atoms with Gasteiger partial charge in [-0.05, 0) is 43.4 Å². The van der Waals surface area contributed by atoms with Crippen LogP contribution in [0.1, 0.15) is 34.2 Å². The van der Waals surface area contributed by atoms with E-state index in [4.69, 9.17) is 11.6 Å². The van der Waals surface area contributed by atoms with E-state index in [2.05, 4.69) is 29.4 Å². The van der Waals surface area contributed by atoms with Crippen molar-refractivity contribution in [1.29, 1.82) is 0 Å². The molecule has 0 atom stereocenters. The second-order valence-corrected chi connectivity index (χ2v) is 6.92. The molecule has 1 aromatic carbocycles. The van der Waals surface area contributed by atoms with Crippen molar-refractivity contribution in [3.05, 3.63) is 50.9 Å². The molecule has 1 N–H and O–H groups in total. The molecule has 0 radical (unpaired) electrons. The molecule has 0 saturated heterocycles. The first-order valence-corrected chi connectivity index (χ1v) is 7.80. The summed E-state index contributed by atoms with van der Waals surface area (Å²) in [5.41, 5.74) is 1.37. The maximum absolute atomic E-state index is 6.03. The van der Waals surface area contributed by atoms with E-state index in [0.29, 0.717) is 12.0 Å². The van der Waals surface area contributed by atoms with Gasteiger partial charge in [0.15, 0.2) is 0 Å². The van der Waals surface area contributed by atoms with Gasteiger partial charge in [0, 0.05) is 28.7 Å². The minimum Gasteiger partial charge on any atom is -0.308 e. The second-order valence-electron chi connectivity index (χ2n) is 5.17. The van der Waals surface area contributed by atoms with Crippen LogP contribution in [-0.2, 0) is 6.54 Å². The summed E-state index contributed by atoms with van der Waals surface area (Å²) >= 11 is 7.80. The highest BCUT2D eigenvalue weighted by molar-refractivity contribution is 7.11. The fourth-order valence-corrected chi connectivity index (χ4v) is 3.47. The Morgan fingerprint density at radius 1 is 1.42 bits per heavy atom. The number of thiazole rings is 1. The first kappa shape index (κ1) is 13.1. The van der Waals surface area contributed by atoms with Crippen molar-refractivity contribution >= 4 is 22.9 Å². The number of benzene rings is 1. The fourth-order valence-electron chi connectivity index (χ4n) is 2.53. The largest absolute Gasteiger partial charge is 0.308 e. The monoisotopic (exact) mass is 292 g/mol. The van der Waals surface area contributed by atoms with Crippen molar-refractivity contribution in [1.82, 2.24) is 10.3 Å². The lowest BCUT2D eigenvalue weighted by Crippen LogP contribution is -2.39. The Morgan fingerprint density at radius 3 is 2.95 bits per heavy atom. The third kappa shape index (κ3) is 3.16. The van der Waals surface area contributed by atoms with Crippen molar-refractivity contribution in [2.24, 2.45) is 0 Å². The van der Waals surface area contributed by atoms with Gasteiger partial charge in [-0.2, -0.15) is 0 Å². The predicted octanol–water partition coefficient (Wildman–Crippen LogP) is 4.14. The summed E-state index contributed by atoms with van der Waals surface area (Å²) in [5, 5.41) is 5.60. The van der Waals surface area contributed by atoms with Crippen molar-refractivity contribution in [3.8, 4) is 0 Å². The topological polar surface area (TPSA) is 24.9 Å². The van der Waals surface area contributed by atoms with Crippen molar-refractivity contribution in [2.45, 2.75) is 38.3 Å². The molecular formula is C15H17ClN2S. The SMILES string of the molecule is Cc1cnc(CNC2CC(c3cccc(Cl)c3)C2)s1. The molecule has 2 nitrogen and oxygen atoms in total. The molecule has 4 heteroatoms. The van der Waals surface area contributed by atoms with Gasteiger partial charge in [0.05, 0.1) is 0 Å². The van der Waals surface area contributed by atoms with Crippen LogP contribution in [0.25, 0.3) is 0 Å². The lowest BCUT2D eigenvalue weighted by atomic mass is 9.76. The molecule has 1 saturated carbocycles. The summed E-state index contributed by atoms with van der Waals surface area (Å²) in [6.07, 6.45) is 4.34. The summed E-state index contributed by atoms with van der Waals surface area (Å²) in [6.45, 7) is 2.99. The summed E-state index contributed by atoms with van der Waals surface area (Å²) in [5.74, 6) is 0.661. The van der Waals surface area contributed by atoms with E-state index in [9.17, 15) is 0 Å². The lowest BCUT2D eigenvalue weighted by Gasteiger charge is -2.36. The van der Waals surface area contributed by atoms with Crippen LogP contribution in [0.4, 0.5) is 0 Å². The molecule has 1 aromatic heterocycles. The smallest absolute Gasteiger partial charge is 0.107 e. The molecule has 100 valence electrons. The van der Waals surface area contributed by atoms with Crippen LogP contribution in [0.3, 0.4) is 0 Å². The molecule has 2 aromatic rings. The molecule has 0 amide bonds. The van der Waals surface area contributed by atoms with E-state index in [-0.39, 0.29) is 0 Å². The van der Waals surface area contributed by atoms with Gasteiger partial charge >= 0.3 is 0 Å². The Balaban J connectivity index is 1.48. The summed E-state index contributed by atoms with van der Waals surface area (Å²) in [6, 6.07) is 8.86. The van der Waals surface area contributed by atoms with Crippen LogP contribution in [0, 0.1) is 6.92 Å². The highest BCUT2D eigenvalue weighted by atomic mass is 35.5. The molecule has 0 aliphatic heterocycles. The van der Waals surface area contributed by atoms with E-state index in [1.165, 1.54) is 28.3 Å². The van der Waals surface area contributed by atoms with E-state index in [1.807, 2.05) is 18.3 Å². The van der Waals surface area contributed by atoms with Gasteiger partial charge in [0.1, 0.15) is 5.01 Å². The molecule has 1 fully saturated rings. The molecule has 0 bridgehead atoms. The summed E-state index contributed by atoms with van der Waals surface area (Å²) in [7, 11) is 0. The zero-order chi connectivity index (χ0) is 13.2. The quantitative estimate of drug-likeness (QED) is 0.916. The number of aromatic nitrogens is 1. The Morgan fingerprint density at radius 2 is 2.26 bits per heavy atom. The summed E-state index contributed by atoms with van der Waals surface area (Å²) < 4.78 is 0. The molecule has 19 heavy (non-hydrogen) atoms. The Kier molecular flexibility index (Phi) is 3.87. The highest BCUT2D eigenvalue weighted by Crippen LogP contribution is 2.37. The van der Waals surface area contributed by atoms with Gasteiger partial charge < -0.3 is 5.32 Å². The molecule has 1 aliphatic carbocycles. The third-order valence-electron chi connectivity index (χ3n) is 3.67. The lowest BCUT2D eigenvalue weighted by molar-refractivity contribution is 0.289. The minimum atomic E-state index is 0.619. The number of rotatable bonds is 4. The molecule has 1 heterocycles. The zero-order valence-corrected chi connectivity index (χ0v) is 12.5. The minimum absolute atomic E-state index is 0.619. The van der Waals surface area contributed by atoms with Gasteiger partial charge in [-0.1, -0.05) is 23.7 Å². The van der Waals surface area contributed by atoms with E-state index in [0.717, 1.165) is 11.6 Å². The van der Waals surface area contributed by atoms with E-state index in [1.54, 1.807) is 11.3 Å². The molecule has 0 unspecified atom stereocenters. The van der Waals surface area contributed by atoms with Gasteiger partial charge in [0.25, 0.3) is 0 Å². The average Bonchev–Trinajstić information content (AvgIpc) is 2.73. The molecule has 1 aliphatic rings. The normalized spacial score (nSPS) is 22.2. The Bertz CT molecular complexity index is 561.